The third-order valence-electron chi connectivity index (χ3n) is 3.66. The van der Waals surface area contributed by atoms with Crippen molar-refractivity contribution in [1.29, 1.82) is 10.5 Å². The van der Waals surface area contributed by atoms with Gasteiger partial charge in [-0.1, -0.05) is 22.0 Å². The lowest BCUT2D eigenvalue weighted by atomic mass is 10.2. The van der Waals surface area contributed by atoms with Crippen molar-refractivity contribution in [2.45, 2.75) is 19.8 Å². The Kier molecular flexibility index (Phi) is 6.12. The molecule has 0 saturated heterocycles. The molecule has 0 N–H and O–H groups in total. The number of benzene rings is 1. The molecular formula is C19H16BrN3O. The Balaban J connectivity index is 2.51. The normalized spacial score (nSPS) is 10.5. The van der Waals surface area contributed by atoms with E-state index < -0.39 is 0 Å². The van der Waals surface area contributed by atoms with Crippen molar-refractivity contribution in [2.24, 2.45) is 0 Å². The largest absolute Gasteiger partial charge is 0.314 e. The first-order valence-corrected chi connectivity index (χ1v) is 8.60. The summed E-state index contributed by atoms with van der Waals surface area (Å²) in [4.78, 5) is 12.1. The number of hydrogen-bond acceptors (Lipinski definition) is 3. The third-order valence-corrected chi connectivity index (χ3v) is 4.17. The third kappa shape index (κ3) is 3.82. The highest BCUT2D eigenvalue weighted by Crippen LogP contribution is 2.24. The number of alkyl halides is 1. The van der Waals surface area contributed by atoms with E-state index in [-0.39, 0.29) is 11.1 Å². The van der Waals surface area contributed by atoms with E-state index >= 15 is 0 Å². The van der Waals surface area contributed by atoms with Crippen LogP contribution in [-0.2, 0) is 0 Å². The number of carbonyl (C=O) groups is 1. The lowest BCUT2D eigenvalue weighted by molar-refractivity contribution is 0.102. The number of carbonyl (C=O) groups excluding carboxylic acids is 1. The zero-order valence-electron chi connectivity index (χ0n) is 13.3. The molecule has 1 aromatic carbocycles. The van der Waals surface area contributed by atoms with Crippen molar-refractivity contribution in [1.82, 2.24) is 4.57 Å². The van der Waals surface area contributed by atoms with Crippen LogP contribution in [0.4, 0.5) is 0 Å². The van der Waals surface area contributed by atoms with Crippen molar-refractivity contribution in [3.8, 4) is 17.8 Å². The molecule has 24 heavy (non-hydrogen) atoms. The molecule has 0 atom stereocenters. The van der Waals surface area contributed by atoms with Crippen LogP contribution >= 0.6 is 15.9 Å². The van der Waals surface area contributed by atoms with Crippen LogP contribution in [0.15, 0.2) is 36.4 Å². The Morgan fingerprint density at radius 3 is 2.58 bits per heavy atom. The van der Waals surface area contributed by atoms with Crippen LogP contribution in [0.1, 0.15) is 40.2 Å². The SMILES string of the molecule is Cc1c(C(=O)CBr)cc(C=CCCC#N)n1-c1ccc(C#N)cc1. The Hall–Kier alpha value is -2.63. The molecule has 1 aromatic heterocycles. The minimum atomic E-state index is 0.0200. The second-order valence-electron chi connectivity index (χ2n) is 5.22. The molecule has 0 bridgehead atoms. The minimum absolute atomic E-state index is 0.0200. The standard InChI is InChI=1S/C19H16BrN3O/c1-14-18(19(24)12-20)11-17(5-3-2-4-10-21)23(14)16-8-6-15(13-22)7-9-16/h3,5-9,11H,2,4,12H2,1H3. The van der Waals surface area contributed by atoms with Crippen molar-refractivity contribution in [2.75, 3.05) is 5.33 Å². The smallest absolute Gasteiger partial charge is 0.175 e. The highest BCUT2D eigenvalue weighted by Gasteiger charge is 2.16. The topological polar surface area (TPSA) is 69.6 Å². The van der Waals surface area contributed by atoms with Gasteiger partial charge in [0.15, 0.2) is 5.78 Å². The molecule has 0 radical (unpaired) electrons. The first-order chi connectivity index (χ1) is 11.6. The highest BCUT2D eigenvalue weighted by molar-refractivity contribution is 9.09. The van der Waals surface area contributed by atoms with Gasteiger partial charge in [0.1, 0.15) is 0 Å². The second-order valence-corrected chi connectivity index (χ2v) is 5.78. The number of ketones is 1. The number of rotatable bonds is 6. The fourth-order valence-electron chi connectivity index (χ4n) is 2.49. The molecule has 4 nitrogen and oxygen atoms in total. The maximum Gasteiger partial charge on any atom is 0.175 e. The van der Waals surface area contributed by atoms with E-state index in [1.807, 2.05) is 41.8 Å². The Morgan fingerprint density at radius 1 is 1.29 bits per heavy atom. The van der Waals surface area contributed by atoms with E-state index in [1.54, 1.807) is 12.1 Å². The molecule has 1 heterocycles. The van der Waals surface area contributed by atoms with Crippen molar-refractivity contribution in [3.63, 3.8) is 0 Å². The van der Waals surface area contributed by atoms with Gasteiger partial charge >= 0.3 is 0 Å². The van der Waals surface area contributed by atoms with Gasteiger partial charge in [0.25, 0.3) is 0 Å². The quantitative estimate of drug-likeness (QED) is 0.418. The second kappa shape index (κ2) is 8.29. The summed E-state index contributed by atoms with van der Waals surface area (Å²) in [7, 11) is 0. The van der Waals surface area contributed by atoms with Crippen LogP contribution in [-0.4, -0.2) is 15.7 Å². The van der Waals surface area contributed by atoms with Crippen molar-refractivity contribution in [3.05, 3.63) is 58.9 Å². The predicted octanol–water partition coefficient (Wildman–Crippen LogP) is 4.55. The van der Waals surface area contributed by atoms with E-state index in [4.69, 9.17) is 10.5 Å². The lowest BCUT2D eigenvalue weighted by Gasteiger charge is -2.10. The van der Waals surface area contributed by atoms with Crippen LogP contribution < -0.4 is 0 Å². The number of nitriles is 2. The van der Waals surface area contributed by atoms with Gasteiger partial charge in [-0.3, -0.25) is 4.79 Å². The molecular weight excluding hydrogens is 366 g/mol. The van der Waals surface area contributed by atoms with Gasteiger partial charge in [-0.05, 0) is 49.8 Å². The zero-order chi connectivity index (χ0) is 17.5. The number of unbranched alkanes of at least 4 members (excludes halogenated alkanes) is 1. The van der Waals surface area contributed by atoms with E-state index in [2.05, 4.69) is 28.1 Å². The summed E-state index contributed by atoms with van der Waals surface area (Å²) in [6, 6.07) is 13.3. The van der Waals surface area contributed by atoms with Crippen LogP contribution in [0.3, 0.4) is 0 Å². The summed E-state index contributed by atoms with van der Waals surface area (Å²) in [5.41, 5.74) is 3.87. The maximum absolute atomic E-state index is 12.1. The first kappa shape index (κ1) is 17.7. The van der Waals surface area contributed by atoms with Gasteiger partial charge < -0.3 is 4.57 Å². The molecule has 0 spiro atoms. The molecule has 0 unspecified atom stereocenters. The van der Waals surface area contributed by atoms with E-state index in [9.17, 15) is 4.79 Å². The fraction of sp³-hybridized carbons (Fsp3) is 0.211. The predicted molar refractivity (Wildman–Crippen MR) is 97.2 cm³/mol. The summed E-state index contributed by atoms with van der Waals surface area (Å²) in [6.45, 7) is 1.90. The lowest BCUT2D eigenvalue weighted by Crippen LogP contribution is -2.04. The molecule has 0 saturated carbocycles. The number of allylic oxidation sites excluding steroid dienone is 1. The number of halogens is 1. The van der Waals surface area contributed by atoms with Gasteiger partial charge in [-0.2, -0.15) is 10.5 Å². The minimum Gasteiger partial charge on any atom is -0.314 e. The molecule has 0 aliphatic rings. The Bertz CT molecular complexity index is 848. The molecule has 5 heteroatoms. The molecule has 2 rings (SSSR count). The van der Waals surface area contributed by atoms with E-state index in [0.717, 1.165) is 17.1 Å². The van der Waals surface area contributed by atoms with Crippen LogP contribution in [0, 0.1) is 29.6 Å². The van der Waals surface area contributed by atoms with Gasteiger partial charge in [0.2, 0.25) is 0 Å². The van der Waals surface area contributed by atoms with Gasteiger partial charge in [0.05, 0.1) is 23.0 Å². The number of hydrogen-bond donors (Lipinski definition) is 0. The summed E-state index contributed by atoms with van der Waals surface area (Å²) in [6.07, 6.45) is 4.98. The Morgan fingerprint density at radius 2 is 2.00 bits per heavy atom. The average molecular weight is 382 g/mol. The van der Waals surface area contributed by atoms with Gasteiger partial charge in [-0.25, -0.2) is 0 Å². The zero-order valence-corrected chi connectivity index (χ0v) is 14.9. The highest BCUT2D eigenvalue weighted by atomic mass is 79.9. The summed E-state index contributed by atoms with van der Waals surface area (Å²) in [5.74, 6) is 0.0200. The fourth-order valence-corrected chi connectivity index (χ4v) is 2.79. The average Bonchev–Trinajstić information content (AvgIpc) is 2.94. The number of Topliss-reactive ketones (excluding diaryl/α,β-unsaturated/α-hetero) is 1. The summed E-state index contributed by atoms with van der Waals surface area (Å²) >= 11 is 3.22. The molecule has 0 fully saturated rings. The molecule has 0 amide bonds. The molecule has 2 aromatic rings. The van der Waals surface area contributed by atoms with Gasteiger partial charge in [-0.15, -0.1) is 0 Å². The number of nitrogens with zero attached hydrogens (tertiary/aromatic N) is 3. The molecule has 120 valence electrons. The summed E-state index contributed by atoms with van der Waals surface area (Å²) < 4.78 is 1.99. The number of aromatic nitrogens is 1. The van der Waals surface area contributed by atoms with E-state index in [1.165, 1.54) is 0 Å². The van der Waals surface area contributed by atoms with Crippen LogP contribution in [0.2, 0.25) is 0 Å². The monoisotopic (exact) mass is 381 g/mol. The summed E-state index contributed by atoms with van der Waals surface area (Å²) in [5, 5.41) is 17.8. The maximum atomic E-state index is 12.1. The van der Waals surface area contributed by atoms with E-state index in [0.29, 0.717) is 24.0 Å². The molecule has 0 aliphatic carbocycles. The van der Waals surface area contributed by atoms with Crippen LogP contribution in [0.5, 0.6) is 0 Å². The van der Waals surface area contributed by atoms with Crippen molar-refractivity contribution >= 4 is 27.8 Å². The van der Waals surface area contributed by atoms with Crippen LogP contribution in [0.25, 0.3) is 11.8 Å². The van der Waals surface area contributed by atoms with Gasteiger partial charge in [0, 0.05) is 29.1 Å². The Labute approximate surface area is 149 Å². The van der Waals surface area contributed by atoms with Crippen molar-refractivity contribution < 1.29 is 4.79 Å². The molecule has 0 aliphatic heterocycles. The first-order valence-electron chi connectivity index (χ1n) is 7.48.